The van der Waals surface area contributed by atoms with E-state index in [0.29, 0.717) is 22.4 Å². The molecule has 0 N–H and O–H groups in total. The van der Waals surface area contributed by atoms with Crippen LogP contribution in [0.1, 0.15) is 0 Å². The second-order valence-corrected chi connectivity index (χ2v) is 4.92. The monoisotopic (exact) mass is 312 g/mol. The summed E-state index contributed by atoms with van der Waals surface area (Å²) >= 11 is 5.89. The minimum Gasteiger partial charge on any atom is -0.496 e. The van der Waals surface area contributed by atoms with E-state index in [1.807, 2.05) is 12.1 Å². The van der Waals surface area contributed by atoms with Crippen molar-refractivity contribution in [2.75, 3.05) is 7.11 Å². The zero-order valence-electron chi connectivity index (χ0n) is 11.9. The Morgan fingerprint density at radius 2 is 1.77 bits per heavy atom. The number of benzene rings is 1. The van der Waals surface area contributed by atoms with E-state index in [4.69, 9.17) is 21.1 Å². The molecule has 0 aliphatic carbocycles. The molecule has 4 nitrogen and oxygen atoms in total. The molecule has 0 fully saturated rings. The molecule has 0 bridgehead atoms. The Balaban J connectivity index is 2.01. The largest absolute Gasteiger partial charge is 0.496 e. The first-order chi connectivity index (χ1) is 10.8. The van der Waals surface area contributed by atoms with Crippen LogP contribution in [0.5, 0.6) is 17.4 Å². The fourth-order valence-electron chi connectivity index (χ4n) is 2.05. The van der Waals surface area contributed by atoms with Crippen LogP contribution in [0.15, 0.2) is 61.1 Å². The van der Waals surface area contributed by atoms with Crippen molar-refractivity contribution < 1.29 is 9.47 Å². The Morgan fingerprint density at radius 1 is 0.955 bits per heavy atom. The van der Waals surface area contributed by atoms with Crippen LogP contribution < -0.4 is 9.47 Å². The average molecular weight is 313 g/mol. The van der Waals surface area contributed by atoms with Gasteiger partial charge in [-0.1, -0.05) is 11.6 Å². The maximum Gasteiger partial charge on any atom is 0.227 e. The van der Waals surface area contributed by atoms with E-state index in [2.05, 4.69) is 9.97 Å². The Kier molecular flexibility index (Phi) is 4.21. The number of aromatic nitrogens is 2. The summed E-state index contributed by atoms with van der Waals surface area (Å²) in [5, 5.41) is 0.655. The molecular weight excluding hydrogens is 300 g/mol. The van der Waals surface area contributed by atoms with Crippen LogP contribution in [-0.2, 0) is 0 Å². The van der Waals surface area contributed by atoms with E-state index in [1.54, 1.807) is 56.0 Å². The zero-order chi connectivity index (χ0) is 15.4. The normalized spacial score (nSPS) is 10.3. The number of methoxy groups -OCH3 is 1. The van der Waals surface area contributed by atoms with Crippen molar-refractivity contribution in [2.24, 2.45) is 0 Å². The standard InChI is InChI=1S/C17H13ClN2O2/c1-21-16-8-10-19-11-15(16)14-3-2-9-20-17(14)22-13-6-4-12(18)5-7-13/h2-11H,1H3. The summed E-state index contributed by atoms with van der Waals surface area (Å²) in [5.74, 6) is 1.85. The molecule has 2 heterocycles. The molecule has 5 heteroatoms. The van der Waals surface area contributed by atoms with Crippen LogP contribution in [0.3, 0.4) is 0 Å². The van der Waals surface area contributed by atoms with Crippen molar-refractivity contribution in [3.63, 3.8) is 0 Å². The number of hydrogen-bond donors (Lipinski definition) is 0. The molecule has 0 aliphatic heterocycles. The fourth-order valence-corrected chi connectivity index (χ4v) is 2.18. The zero-order valence-corrected chi connectivity index (χ0v) is 12.6. The third-order valence-corrected chi connectivity index (χ3v) is 3.34. The maximum atomic E-state index is 5.89. The molecule has 110 valence electrons. The Labute approximate surface area is 133 Å². The number of halogens is 1. The molecule has 0 aliphatic rings. The number of pyridine rings is 2. The van der Waals surface area contributed by atoms with Gasteiger partial charge in [0.1, 0.15) is 11.5 Å². The molecule has 0 spiro atoms. The molecule has 0 radical (unpaired) electrons. The fraction of sp³-hybridized carbons (Fsp3) is 0.0588. The second kappa shape index (κ2) is 6.45. The molecule has 1 aromatic carbocycles. The van der Waals surface area contributed by atoms with Gasteiger partial charge in [-0.15, -0.1) is 0 Å². The molecule has 0 unspecified atom stereocenters. The first-order valence-corrected chi connectivity index (χ1v) is 7.02. The summed E-state index contributed by atoms with van der Waals surface area (Å²) in [5.41, 5.74) is 1.63. The number of hydrogen-bond acceptors (Lipinski definition) is 4. The highest BCUT2D eigenvalue weighted by Crippen LogP contribution is 2.36. The van der Waals surface area contributed by atoms with Crippen molar-refractivity contribution >= 4 is 11.6 Å². The van der Waals surface area contributed by atoms with Gasteiger partial charge in [0.05, 0.1) is 7.11 Å². The topological polar surface area (TPSA) is 44.2 Å². The summed E-state index contributed by atoms with van der Waals surface area (Å²) < 4.78 is 11.2. The first-order valence-electron chi connectivity index (χ1n) is 6.65. The van der Waals surface area contributed by atoms with E-state index in [-0.39, 0.29) is 0 Å². The second-order valence-electron chi connectivity index (χ2n) is 4.49. The van der Waals surface area contributed by atoms with Crippen LogP contribution in [-0.4, -0.2) is 17.1 Å². The van der Waals surface area contributed by atoms with E-state index in [9.17, 15) is 0 Å². The minimum absolute atomic E-state index is 0.483. The van der Waals surface area contributed by atoms with Gasteiger partial charge in [-0.2, -0.15) is 0 Å². The third-order valence-electron chi connectivity index (χ3n) is 3.09. The van der Waals surface area contributed by atoms with E-state index >= 15 is 0 Å². The van der Waals surface area contributed by atoms with Gasteiger partial charge >= 0.3 is 0 Å². The van der Waals surface area contributed by atoms with Crippen molar-refractivity contribution in [1.82, 2.24) is 9.97 Å². The lowest BCUT2D eigenvalue weighted by atomic mass is 10.1. The molecule has 0 saturated heterocycles. The smallest absolute Gasteiger partial charge is 0.227 e. The molecule has 0 saturated carbocycles. The number of nitrogens with zero attached hydrogens (tertiary/aromatic N) is 2. The molecule has 3 aromatic rings. The van der Waals surface area contributed by atoms with Gasteiger partial charge in [-0.25, -0.2) is 4.98 Å². The van der Waals surface area contributed by atoms with Crippen molar-refractivity contribution in [1.29, 1.82) is 0 Å². The highest BCUT2D eigenvalue weighted by atomic mass is 35.5. The molecule has 0 amide bonds. The summed E-state index contributed by atoms with van der Waals surface area (Å²) in [4.78, 5) is 8.46. The summed E-state index contributed by atoms with van der Waals surface area (Å²) in [7, 11) is 1.62. The third kappa shape index (κ3) is 3.02. The molecule has 22 heavy (non-hydrogen) atoms. The number of ether oxygens (including phenoxy) is 2. The highest BCUT2D eigenvalue weighted by Gasteiger charge is 2.13. The van der Waals surface area contributed by atoms with Gasteiger partial charge in [0, 0.05) is 34.7 Å². The van der Waals surface area contributed by atoms with Crippen LogP contribution in [0.4, 0.5) is 0 Å². The van der Waals surface area contributed by atoms with Crippen molar-refractivity contribution in [3.05, 3.63) is 66.1 Å². The van der Waals surface area contributed by atoms with Gasteiger partial charge in [-0.05, 0) is 42.5 Å². The Hall–Kier alpha value is -2.59. The predicted octanol–water partition coefficient (Wildman–Crippen LogP) is 4.60. The average Bonchev–Trinajstić information content (AvgIpc) is 2.57. The van der Waals surface area contributed by atoms with Crippen LogP contribution >= 0.6 is 11.6 Å². The lowest BCUT2D eigenvalue weighted by molar-refractivity contribution is 0.415. The van der Waals surface area contributed by atoms with E-state index in [0.717, 1.165) is 11.1 Å². The molecular formula is C17H13ClN2O2. The Morgan fingerprint density at radius 3 is 2.55 bits per heavy atom. The Bertz CT molecular complexity index is 776. The summed E-state index contributed by atoms with van der Waals surface area (Å²) in [6, 6.07) is 12.7. The molecule has 2 aromatic heterocycles. The maximum absolute atomic E-state index is 5.89. The van der Waals surface area contributed by atoms with Gasteiger partial charge in [0.2, 0.25) is 5.88 Å². The van der Waals surface area contributed by atoms with Crippen LogP contribution in [0.2, 0.25) is 5.02 Å². The quantitative estimate of drug-likeness (QED) is 0.706. The summed E-state index contributed by atoms with van der Waals surface area (Å²) in [6.07, 6.45) is 5.08. The molecule has 0 atom stereocenters. The predicted molar refractivity (Wildman–Crippen MR) is 85.5 cm³/mol. The summed E-state index contributed by atoms with van der Waals surface area (Å²) in [6.45, 7) is 0. The van der Waals surface area contributed by atoms with Gasteiger partial charge in [0.15, 0.2) is 0 Å². The van der Waals surface area contributed by atoms with Gasteiger partial charge < -0.3 is 9.47 Å². The lowest BCUT2D eigenvalue weighted by Gasteiger charge is -2.12. The van der Waals surface area contributed by atoms with Gasteiger partial charge in [-0.3, -0.25) is 4.98 Å². The van der Waals surface area contributed by atoms with Crippen molar-refractivity contribution in [3.8, 4) is 28.5 Å². The van der Waals surface area contributed by atoms with Crippen LogP contribution in [0, 0.1) is 0 Å². The van der Waals surface area contributed by atoms with E-state index in [1.165, 1.54) is 0 Å². The van der Waals surface area contributed by atoms with Gasteiger partial charge in [0.25, 0.3) is 0 Å². The first kappa shape index (κ1) is 14.4. The highest BCUT2D eigenvalue weighted by molar-refractivity contribution is 6.30. The minimum atomic E-state index is 0.483. The SMILES string of the molecule is COc1ccncc1-c1cccnc1Oc1ccc(Cl)cc1. The van der Waals surface area contributed by atoms with E-state index < -0.39 is 0 Å². The van der Waals surface area contributed by atoms with Crippen molar-refractivity contribution in [2.45, 2.75) is 0 Å². The number of rotatable bonds is 4. The van der Waals surface area contributed by atoms with Crippen LogP contribution in [0.25, 0.3) is 11.1 Å². The molecule has 3 rings (SSSR count). The lowest BCUT2D eigenvalue weighted by Crippen LogP contribution is -1.94.